The van der Waals surface area contributed by atoms with Gasteiger partial charge in [-0.25, -0.2) is 4.79 Å². The maximum Gasteiger partial charge on any atom is 0.325 e. The molecule has 98 valence electrons. The Morgan fingerprint density at radius 2 is 2.06 bits per heavy atom. The Bertz CT molecular complexity index is 267. The van der Waals surface area contributed by atoms with Crippen LogP contribution in [0.4, 0.5) is 4.79 Å². The number of carbonyl (C=O) groups is 2. The number of esters is 1. The second-order valence-electron chi connectivity index (χ2n) is 4.13. The van der Waals surface area contributed by atoms with Crippen LogP contribution in [0.25, 0.3) is 0 Å². The van der Waals surface area contributed by atoms with E-state index in [0.717, 1.165) is 6.54 Å². The second kappa shape index (κ2) is 7.11. The molecule has 0 spiro atoms. The van der Waals surface area contributed by atoms with Crippen molar-refractivity contribution in [3.63, 3.8) is 0 Å². The summed E-state index contributed by atoms with van der Waals surface area (Å²) < 4.78 is 4.69. The van der Waals surface area contributed by atoms with Crippen molar-refractivity contribution >= 4 is 12.0 Å². The average molecular weight is 243 g/mol. The van der Waals surface area contributed by atoms with Crippen LogP contribution in [0.2, 0.25) is 0 Å². The zero-order chi connectivity index (χ0) is 12.7. The van der Waals surface area contributed by atoms with E-state index in [0.29, 0.717) is 19.2 Å². The molecule has 0 aromatic carbocycles. The van der Waals surface area contributed by atoms with Crippen LogP contribution in [0.1, 0.15) is 19.8 Å². The number of nitrogens with zero attached hydrogens (tertiary/aromatic N) is 1. The molecular weight excluding hydrogens is 222 g/mol. The molecule has 1 fully saturated rings. The van der Waals surface area contributed by atoms with Gasteiger partial charge in [-0.15, -0.1) is 0 Å². The van der Waals surface area contributed by atoms with Crippen LogP contribution in [0.3, 0.4) is 0 Å². The third kappa shape index (κ3) is 6.11. The molecule has 0 radical (unpaired) electrons. The van der Waals surface area contributed by atoms with Crippen molar-refractivity contribution in [2.24, 2.45) is 0 Å². The molecule has 2 amide bonds. The molecule has 0 aromatic heterocycles. The van der Waals surface area contributed by atoms with Crippen LogP contribution in [0.5, 0.6) is 0 Å². The van der Waals surface area contributed by atoms with E-state index in [9.17, 15) is 9.59 Å². The SMILES string of the molecule is CCOC(=O)CNC(=O)NCCN(C)C1CC1. The van der Waals surface area contributed by atoms with Crippen LogP contribution in [0.15, 0.2) is 0 Å². The van der Waals surface area contributed by atoms with Gasteiger partial charge >= 0.3 is 12.0 Å². The molecule has 2 N–H and O–H groups in total. The molecule has 17 heavy (non-hydrogen) atoms. The number of nitrogens with one attached hydrogen (secondary N) is 2. The van der Waals surface area contributed by atoms with Crippen LogP contribution >= 0.6 is 0 Å². The zero-order valence-corrected chi connectivity index (χ0v) is 10.5. The van der Waals surface area contributed by atoms with Gasteiger partial charge in [0.05, 0.1) is 6.61 Å². The number of urea groups is 1. The molecule has 0 heterocycles. The van der Waals surface area contributed by atoms with Crippen molar-refractivity contribution < 1.29 is 14.3 Å². The maximum absolute atomic E-state index is 11.3. The Balaban J connectivity index is 1.98. The van der Waals surface area contributed by atoms with Gasteiger partial charge in [-0.1, -0.05) is 0 Å². The lowest BCUT2D eigenvalue weighted by atomic mass is 10.5. The summed E-state index contributed by atoms with van der Waals surface area (Å²) in [6, 6.07) is 0.363. The number of rotatable bonds is 7. The summed E-state index contributed by atoms with van der Waals surface area (Å²) in [6.07, 6.45) is 2.51. The molecule has 6 nitrogen and oxygen atoms in total. The number of hydrogen-bond donors (Lipinski definition) is 2. The highest BCUT2D eigenvalue weighted by atomic mass is 16.5. The summed E-state index contributed by atoms with van der Waals surface area (Å²) in [5.74, 6) is -0.419. The zero-order valence-electron chi connectivity index (χ0n) is 10.5. The molecule has 1 rings (SSSR count). The minimum atomic E-state index is -0.419. The molecule has 6 heteroatoms. The number of hydrogen-bond acceptors (Lipinski definition) is 4. The molecule has 0 atom stereocenters. The van der Waals surface area contributed by atoms with Gasteiger partial charge in [-0.2, -0.15) is 0 Å². The maximum atomic E-state index is 11.3. The van der Waals surface area contributed by atoms with Crippen molar-refractivity contribution in [2.75, 3.05) is 33.3 Å². The van der Waals surface area contributed by atoms with Crippen molar-refractivity contribution in [1.82, 2.24) is 15.5 Å². The minimum Gasteiger partial charge on any atom is -0.465 e. The van der Waals surface area contributed by atoms with Gasteiger partial charge in [-0.05, 0) is 26.8 Å². The Hall–Kier alpha value is -1.30. The van der Waals surface area contributed by atoms with E-state index in [2.05, 4.69) is 27.3 Å². The molecule has 0 saturated heterocycles. The monoisotopic (exact) mass is 243 g/mol. The lowest BCUT2D eigenvalue weighted by Gasteiger charge is -2.15. The third-order valence-corrected chi connectivity index (χ3v) is 2.62. The normalized spacial score (nSPS) is 14.5. The van der Waals surface area contributed by atoms with Crippen LogP contribution < -0.4 is 10.6 Å². The minimum absolute atomic E-state index is 0.0852. The summed E-state index contributed by atoms with van der Waals surface area (Å²) in [6.45, 7) is 3.39. The van der Waals surface area contributed by atoms with Crippen LogP contribution in [0, 0.1) is 0 Å². The summed E-state index contributed by atoms with van der Waals surface area (Å²) in [7, 11) is 2.05. The van der Waals surface area contributed by atoms with Gasteiger partial charge in [-0.3, -0.25) is 4.79 Å². The van der Waals surface area contributed by atoms with E-state index >= 15 is 0 Å². The first-order chi connectivity index (χ1) is 8.13. The van der Waals surface area contributed by atoms with Gasteiger partial charge in [0.2, 0.25) is 0 Å². The average Bonchev–Trinajstić information content (AvgIpc) is 3.10. The summed E-state index contributed by atoms with van der Waals surface area (Å²) in [5.41, 5.74) is 0. The summed E-state index contributed by atoms with van der Waals surface area (Å²) >= 11 is 0. The van der Waals surface area contributed by atoms with Gasteiger partial charge in [0.25, 0.3) is 0 Å². The van der Waals surface area contributed by atoms with E-state index < -0.39 is 5.97 Å². The van der Waals surface area contributed by atoms with Gasteiger partial charge in [0.15, 0.2) is 0 Å². The van der Waals surface area contributed by atoms with Gasteiger partial charge in [0.1, 0.15) is 6.54 Å². The lowest BCUT2D eigenvalue weighted by Crippen LogP contribution is -2.42. The molecule has 0 bridgehead atoms. The fourth-order valence-electron chi connectivity index (χ4n) is 1.47. The third-order valence-electron chi connectivity index (χ3n) is 2.62. The first kappa shape index (κ1) is 13.8. The van der Waals surface area contributed by atoms with E-state index in [-0.39, 0.29) is 12.6 Å². The topological polar surface area (TPSA) is 70.7 Å². The fraction of sp³-hybridized carbons (Fsp3) is 0.818. The second-order valence-corrected chi connectivity index (χ2v) is 4.13. The van der Waals surface area contributed by atoms with Crippen molar-refractivity contribution in [1.29, 1.82) is 0 Å². The molecule has 1 aliphatic carbocycles. The van der Waals surface area contributed by atoms with Gasteiger partial charge in [0, 0.05) is 19.1 Å². The number of ether oxygens (including phenoxy) is 1. The Kier molecular flexibility index (Phi) is 5.76. The summed E-state index contributed by atoms with van der Waals surface area (Å²) in [5, 5.41) is 5.14. The molecule has 0 aromatic rings. The molecule has 0 aliphatic heterocycles. The number of carbonyl (C=O) groups excluding carboxylic acids is 2. The largest absolute Gasteiger partial charge is 0.465 e. The Morgan fingerprint density at radius 3 is 2.65 bits per heavy atom. The molecule has 0 unspecified atom stereocenters. The van der Waals surface area contributed by atoms with Crippen LogP contribution in [-0.2, 0) is 9.53 Å². The Morgan fingerprint density at radius 1 is 1.35 bits per heavy atom. The van der Waals surface area contributed by atoms with Crippen molar-refractivity contribution in [3.8, 4) is 0 Å². The highest BCUT2D eigenvalue weighted by molar-refractivity contribution is 5.80. The first-order valence-electron chi connectivity index (χ1n) is 6.01. The molecule has 1 saturated carbocycles. The standard InChI is InChI=1S/C11H21N3O3/c1-3-17-10(15)8-13-11(16)12-6-7-14(2)9-4-5-9/h9H,3-8H2,1-2H3,(H2,12,13,16). The predicted molar refractivity (Wildman–Crippen MR) is 63.7 cm³/mol. The number of amides is 2. The van der Waals surface area contributed by atoms with Crippen molar-refractivity contribution in [2.45, 2.75) is 25.8 Å². The van der Waals surface area contributed by atoms with E-state index in [1.54, 1.807) is 6.92 Å². The van der Waals surface area contributed by atoms with Gasteiger partial charge < -0.3 is 20.3 Å². The van der Waals surface area contributed by atoms with E-state index in [4.69, 9.17) is 0 Å². The highest BCUT2D eigenvalue weighted by Crippen LogP contribution is 2.24. The fourth-order valence-corrected chi connectivity index (χ4v) is 1.47. The highest BCUT2D eigenvalue weighted by Gasteiger charge is 2.25. The predicted octanol–water partition coefficient (Wildman–Crippen LogP) is -0.0571. The Labute approximate surface area is 102 Å². The smallest absolute Gasteiger partial charge is 0.325 e. The lowest BCUT2D eigenvalue weighted by molar-refractivity contribution is -0.141. The van der Waals surface area contributed by atoms with E-state index in [1.165, 1.54) is 12.8 Å². The number of likely N-dealkylation sites (N-methyl/N-ethyl adjacent to an activating group) is 1. The van der Waals surface area contributed by atoms with E-state index in [1.807, 2.05) is 0 Å². The molecule has 1 aliphatic rings. The molecular formula is C11H21N3O3. The van der Waals surface area contributed by atoms with Crippen molar-refractivity contribution in [3.05, 3.63) is 0 Å². The van der Waals surface area contributed by atoms with Crippen LogP contribution in [-0.4, -0.2) is 56.2 Å². The first-order valence-corrected chi connectivity index (χ1v) is 6.01. The summed E-state index contributed by atoms with van der Waals surface area (Å²) in [4.78, 5) is 24.5. The quantitative estimate of drug-likeness (QED) is 0.615.